The fourth-order valence-corrected chi connectivity index (χ4v) is 3.92. The lowest BCUT2D eigenvalue weighted by molar-refractivity contribution is 0.0695. The van der Waals surface area contributed by atoms with Gasteiger partial charge in [-0.3, -0.25) is 4.90 Å². The number of rotatable bonds is 3. The summed E-state index contributed by atoms with van der Waals surface area (Å²) in [5.74, 6) is 0.0281. The van der Waals surface area contributed by atoms with Gasteiger partial charge in [0.2, 0.25) is 0 Å². The highest BCUT2D eigenvalue weighted by Gasteiger charge is 2.34. The van der Waals surface area contributed by atoms with Gasteiger partial charge >= 0.3 is 5.97 Å². The van der Waals surface area contributed by atoms with Crippen LogP contribution >= 0.6 is 0 Å². The van der Waals surface area contributed by atoms with Crippen molar-refractivity contribution in [1.82, 2.24) is 9.88 Å². The second-order valence-corrected chi connectivity index (χ2v) is 6.57. The van der Waals surface area contributed by atoms with E-state index in [1.807, 2.05) is 6.07 Å². The van der Waals surface area contributed by atoms with Crippen LogP contribution in [-0.2, 0) is 13.0 Å². The molecule has 1 atom stereocenters. The number of benzene rings is 1. The van der Waals surface area contributed by atoms with Crippen molar-refractivity contribution in [3.05, 3.63) is 59.3 Å². The summed E-state index contributed by atoms with van der Waals surface area (Å²) in [5.41, 5.74) is 2.65. The van der Waals surface area contributed by atoms with Gasteiger partial charge in [0.15, 0.2) is 0 Å². The van der Waals surface area contributed by atoms with Crippen LogP contribution in [0.5, 0.6) is 0 Å². The SMILES string of the molecule is O=C(O)c1ccnc2c1CC[C@@H]1CN(Cc3ccccc3)CCN21. The largest absolute Gasteiger partial charge is 0.478 e. The Kier molecular flexibility index (Phi) is 3.94. The van der Waals surface area contributed by atoms with Gasteiger partial charge < -0.3 is 10.0 Å². The molecule has 0 amide bonds. The van der Waals surface area contributed by atoms with Gasteiger partial charge in [-0.25, -0.2) is 9.78 Å². The Hall–Kier alpha value is -2.40. The van der Waals surface area contributed by atoms with Crippen LogP contribution in [0.15, 0.2) is 42.6 Å². The lowest BCUT2D eigenvalue weighted by Crippen LogP contribution is -2.55. The molecular formula is C19H21N3O2. The average molecular weight is 323 g/mol. The van der Waals surface area contributed by atoms with Gasteiger partial charge in [-0.2, -0.15) is 0 Å². The summed E-state index contributed by atoms with van der Waals surface area (Å²) in [4.78, 5) is 20.7. The molecule has 5 nitrogen and oxygen atoms in total. The first kappa shape index (κ1) is 15.1. The second kappa shape index (κ2) is 6.24. The summed E-state index contributed by atoms with van der Waals surface area (Å²) in [5, 5.41) is 9.39. The molecule has 24 heavy (non-hydrogen) atoms. The molecule has 1 aromatic carbocycles. The molecule has 3 heterocycles. The van der Waals surface area contributed by atoms with Gasteiger partial charge in [0.05, 0.1) is 5.56 Å². The maximum atomic E-state index is 11.4. The fraction of sp³-hybridized carbons (Fsp3) is 0.368. The molecule has 1 aromatic heterocycles. The van der Waals surface area contributed by atoms with Crippen LogP contribution in [0, 0.1) is 0 Å². The highest BCUT2D eigenvalue weighted by atomic mass is 16.4. The number of hydrogen-bond donors (Lipinski definition) is 1. The minimum atomic E-state index is -0.852. The highest BCUT2D eigenvalue weighted by Crippen LogP contribution is 2.33. The van der Waals surface area contributed by atoms with E-state index in [4.69, 9.17) is 0 Å². The predicted molar refractivity (Wildman–Crippen MR) is 92.4 cm³/mol. The van der Waals surface area contributed by atoms with Crippen molar-refractivity contribution in [2.24, 2.45) is 0 Å². The fourth-order valence-electron chi connectivity index (χ4n) is 3.92. The van der Waals surface area contributed by atoms with Crippen molar-refractivity contribution in [3.8, 4) is 0 Å². The third kappa shape index (κ3) is 2.76. The Balaban J connectivity index is 1.52. The van der Waals surface area contributed by atoms with Crippen LogP contribution in [0.1, 0.15) is 27.9 Å². The summed E-state index contributed by atoms with van der Waals surface area (Å²) in [6, 6.07) is 12.6. The Labute approximate surface area is 141 Å². The smallest absolute Gasteiger partial charge is 0.336 e. The summed E-state index contributed by atoms with van der Waals surface area (Å²) >= 11 is 0. The standard InChI is InChI=1S/C19H21N3O2/c23-19(24)17-8-9-20-18-16(17)7-6-15-13-21(10-11-22(15)18)12-14-4-2-1-3-5-14/h1-5,8-9,15H,6-7,10-13H2,(H,23,24)/t15-/m1/s1. The molecule has 124 valence electrons. The van der Waals surface area contributed by atoms with Crippen LogP contribution in [0.4, 0.5) is 5.82 Å². The van der Waals surface area contributed by atoms with Crippen molar-refractivity contribution in [2.75, 3.05) is 24.5 Å². The lowest BCUT2D eigenvalue weighted by Gasteiger charge is -2.45. The Morgan fingerprint density at radius 3 is 2.83 bits per heavy atom. The molecule has 0 bridgehead atoms. The number of hydrogen-bond acceptors (Lipinski definition) is 4. The first-order valence-corrected chi connectivity index (χ1v) is 8.46. The normalized spacial score (nSPS) is 20.3. The maximum Gasteiger partial charge on any atom is 0.336 e. The van der Waals surface area contributed by atoms with Crippen molar-refractivity contribution >= 4 is 11.8 Å². The zero-order valence-electron chi connectivity index (χ0n) is 13.6. The topological polar surface area (TPSA) is 56.7 Å². The quantitative estimate of drug-likeness (QED) is 0.940. The third-order valence-electron chi connectivity index (χ3n) is 5.08. The summed E-state index contributed by atoms with van der Waals surface area (Å²) < 4.78 is 0. The van der Waals surface area contributed by atoms with E-state index in [2.05, 4.69) is 39.0 Å². The molecule has 1 fully saturated rings. The summed E-state index contributed by atoms with van der Waals surface area (Å²) in [7, 11) is 0. The van der Waals surface area contributed by atoms with Crippen LogP contribution in [-0.4, -0.2) is 46.6 Å². The molecule has 1 N–H and O–H groups in total. The van der Waals surface area contributed by atoms with Crippen molar-refractivity contribution in [3.63, 3.8) is 0 Å². The molecule has 0 radical (unpaired) electrons. The average Bonchev–Trinajstić information content (AvgIpc) is 2.61. The van der Waals surface area contributed by atoms with Crippen LogP contribution < -0.4 is 4.90 Å². The number of carbonyl (C=O) groups is 1. The van der Waals surface area contributed by atoms with E-state index in [0.717, 1.165) is 50.4 Å². The lowest BCUT2D eigenvalue weighted by atomic mass is 9.93. The second-order valence-electron chi connectivity index (χ2n) is 6.57. The van der Waals surface area contributed by atoms with Crippen LogP contribution in [0.2, 0.25) is 0 Å². The van der Waals surface area contributed by atoms with Gasteiger partial charge in [-0.1, -0.05) is 30.3 Å². The number of aromatic nitrogens is 1. The van der Waals surface area contributed by atoms with Gasteiger partial charge in [-0.05, 0) is 24.5 Å². The van der Waals surface area contributed by atoms with E-state index >= 15 is 0 Å². The number of carboxylic acids is 1. The number of piperazine rings is 1. The van der Waals surface area contributed by atoms with E-state index in [1.165, 1.54) is 5.56 Å². The number of nitrogens with zero attached hydrogens (tertiary/aromatic N) is 3. The molecule has 2 aliphatic rings. The van der Waals surface area contributed by atoms with E-state index in [-0.39, 0.29) is 0 Å². The number of carboxylic acid groups (broad SMARTS) is 1. The summed E-state index contributed by atoms with van der Waals surface area (Å²) in [6.07, 6.45) is 3.41. The van der Waals surface area contributed by atoms with Gasteiger partial charge in [0.25, 0.3) is 0 Å². The third-order valence-corrected chi connectivity index (χ3v) is 5.08. The molecule has 2 aliphatic heterocycles. The van der Waals surface area contributed by atoms with Gasteiger partial charge in [0.1, 0.15) is 5.82 Å². The molecule has 5 heteroatoms. The van der Waals surface area contributed by atoms with Crippen molar-refractivity contribution in [2.45, 2.75) is 25.4 Å². The first-order chi connectivity index (χ1) is 11.7. The number of aromatic carboxylic acids is 1. The van der Waals surface area contributed by atoms with Crippen molar-refractivity contribution < 1.29 is 9.90 Å². The van der Waals surface area contributed by atoms with Crippen LogP contribution in [0.25, 0.3) is 0 Å². The molecule has 0 aliphatic carbocycles. The Morgan fingerprint density at radius 1 is 1.21 bits per heavy atom. The monoisotopic (exact) mass is 323 g/mol. The minimum absolute atomic E-state index is 0.408. The number of anilines is 1. The van der Waals surface area contributed by atoms with Crippen molar-refractivity contribution in [1.29, 1.82) is 0 Å². The molecule has 0 unspecified atom stereocenters. The zero-order valence-corrected chi connectivity index (χ0v) is 13.6. The maximum absolute atomic E-state index is 11.4. The molecule has 0 saturated carbocycles. The minimum Gasteiger partial charge on any atom is -0.478 e. The molecule has 0 spiro atoms. The van der Waals surface area contributed by atoms with Crippen LogP contribution in [0.3, 0.4) is 0 Å². The Morgan fingerprint density at radius 2 is 2.04 bits per heavy atom. The zero-order chi connectivity index (χ0) is 16.5. The molecular weight excluding hydrogens is 302 g/mol. The highest BCUT2D eigenvalue weighted by molar-refractivity contribution is 5.91. The van der Waals surface area contributed by atoms with Gasteiger partial charge in [-0.15, -0.1) is 0 Å². The van der Waals surface area contributed by atoms with E-state index in [1.54, 1.807) is 12.3 Å². The van der Waals surface area contributed by atoms with E-state index < -0.39 is 5.97 Å². The predicted octanol–water partition coefficient (Wildman–Crippen LogP) is 2.42. The van der Waals surface area contributed by atoms with Gasteiger partial charge in [0, 0.05) is 44.0 Å². The number of fused-ring (bicyclic) bond motifs is 3. The first-order valence-electron chi connectivity index (χ1n) is 8.46. The number of pyridine rings is 1. The molecule has 4 rings (SSSR count). The van der Waals surface area contributed by atoms with E-state index in [9.17, 15) is 9.90 Å². The molecule has 1 saturated heterocycles. The van der Waals surface area contributed by atoms with E-state index in [0.29, 0.717) is 11.6 Å². The molecule has 2 aromatic rings. The summed E-state index contributed by atoms with van der Waals surface area (Å²) in [6.45, 7) is 3.86. The Bertz CT molecular complexity index is 748.